The molecular formula is C20H22N2OS. The highest BCUT2D eigenvalue weighted by molar-refractivity contribution is 7.99. The Labute approximate surface area is 147 Å². The van der Waals surface area contributed by atoms with Crippen molar-refractivity contribution in [3.63, 3.8) is 0 Å². The average molecular weight is 338 g/mol. The lowest BCUT2D eigenvalue weighted by Crippen LogP contribution is -2.24. The molecular weight excluding hydrogens is 316 g/mol. The Morgan fingerprint density at radius 1 is 1.17 bits per heavy atom. The second-order valence-electron chi connectivity index (χ2n) is 7.00. The van der Waals surface area contributed by atoms with Crippen molar-refractivity contribution in [3.05, 3.63) is 47.5 Å². The van der Waals surface area contributed by atoms with Crippen LogP contribution in [0, 0.1) is 5.92 Å². The molecule has 0 unspecified atom stereocenters. The van der Waals surface area contributed by atoms with Crippen LogP contribution in [0.4, 0.5) is 11.4 Å². The number of ketones is 1. The largest absolute Gasteiger partial charge is 0.353 e. The van der Waals surface area contributed by atoms with E-state index in [0.29, 0.717) is 6.54 Å². The van der Waals surface area contributed by atoms with Crippen LogP contribution in [0.3, 0.4) is 0 Å². The number of carbonyl (C=O) groups is 1. The molecule has 0 atom stereocenters. The van der Waals surface area contributed by atoms with Gasteiger partial charge in [-0.05, 0) is 63.0 Å². The number of benzene rings is 2. The number of hydrogen-bond acceptors (Lipinski definition) is 4. The lowest BCUT2D eigenvalue weighted by atomic mass is 9.96. The summed E-state index contributed by atoms with van der Waals surface area (Å²) in [6.07, 6.45) is 3.61. The van der Waals surface area contributed by atoms with Gasteiger partial charge in [-0.3, -0.25) is 4.79 Å². The topological polar surface area (TPSA) is 32.3 Å². The molecule has 0 saturated heterocycles. The zero-order chi connectivity index (χ0) is 16.7. The normalized spacial score (nSPS) is 15.6. The molecule has 0 radical (unpaired) electrons. The van der Waals surface area contributed by atoms with Gasteiger partial charge < -0.3 is 10.2 Å². The van der Waals surface area contributed by atoms with Crippen LogP contribution in [-0.2, 0) is 6.42 Å². The lowest BCUT2D eigenvalue weighted by molar-refractivity contribution is 0.0957. The van der Waals surface area contributed by atoms with Gasteiger partial charge >= 0.3 is 0 Å². The maximum absolute atomic E-state index is 13.0. The van der Waals surface area contributed by atoms with Crippen LogP contribution in [0.2, 0.25) is 0 Å². The third-order valence-electron chi connectivity index (χ3n) is 4.56. The van der Waals surface area contributed by atoms with E-state index >= 15 is 0 Å². The molecule has 24 heavy (non-hydrogen) atoms. The van der Waals surface area contributed by atoms with Crippen LogP contribution in [-0.4, -0.2) is 31.3 Å². The number of carbonyl (C=O) groups excluding carboxylic acids is 1. The number of para-hydroxylation sites is 1. The average Bonchev–Trinajstić information content (AvgIpc) is 3.36. The van der Waals surface area contributed by atoms with E-state index in [-0.39, 0.29) is 5.78 Å². The standard InChI is InChI=1S/C20H22N2OS/c1-22(2)12-16(23)19-14(11-13-7-8-13)9-10-18-20(19)21-15-5-3-4-6-17(15)24-18/h3-6,9-10,13,21H,7-8,11-12H2,1-2H3. The molecule has 124 valence electrons. The van der Waals surface area contributed by atoms with Crippen molar-refractivity contribution in [2.75, 3.05) is 26.0 Å². The monoisotopic (exact) mass is 338 g/mol. The van der Waals surface area contributed by atoms with E-state index in [1.165, 1.54) is 23.3 Å². The molecule has 0 amide bonds. The maximum atomic E-state index is 13.0. The molecule has 1 aliphatic carbocycles. The number of rotatable bonds is 5. The number of anilines is 2. The summed E-state index contributed by atoms with van der Waals surface area (Å²) in [7, 11) is 3.90. The third-order valence-corrected chi connectivity index (χ3v) is 5.70. The van der Waals surface area contributed by atoms with Crippen molar-refractivity contribution < 1.29 is 4.79 Å². The second-order valence-corrected chi connectivity index (χ2v) is 8.09. The Kier molecular flexibility index (Phi) is 4.10. The van der Waals surface area contributed by atoms with Gasteiger partial charge in [-0.2, -0.15) is 0 Å². The first-order valence-corrected chi connectivity index (χ1v) is 9.31. The van der Waals surface area contributed by atoms with Crippen molar-refractivity contribution in [3.8, 4) is 0 Å². The van der Waals surface area contributed by atoms with Gasteiger partial charge in [0.15, 0.2) is 5.78 Å². The molecule has 4 heteroatoms. The Bertz CT molecular complexity index is 796. The molecule has 2 aromatic carbocycles. The second kappa shape index (κ2) is 6.26. The summed E-state index contributed by atoms with van der Waals surface area (Å²) in [6, 6.07) is 12.6. The smallest absolute Gasteiger partial charge is 0.179 e. The minimum atomic E-state index is 0.208. The lowest BCUT2D eigenvalue weighted by Gasteiger charge is -2.25. The first kappa shape index (κ1) is 15.7. The number of fused-ring (bicyclic) bond motifs is 2. The number of nitrogens with zero attached hydrogens (tertiary/aromatic N) is 1. The van der Waals surface area contributed by atoms with Gasteiger partial charge in [-0.25, -0.2) is 0 Å². The Hall–Kier alpha value is -1.78. The Morgan fingerprint density at radius 3 is 2.71 bits per heavy atom. The maximum Gasteiger partial charge on any atom is 0.179 e. The van der Waals surface area contributed by atoms with E-state index < -0.39 is 0 Å². The highest BCUT2D eigenvalue weighted by atomic mass is 32.2. The molecule has 1 heterocycles. The summed E-state index contributed by atoms with van der Waals surface area (Å²) in [6.45, 7) is 0.447. The van der Waals surface area contributed by atoms with Gasteiger partial charge in [-0.1, -0.05) is 30.0 Å². The molecule has 0 spiro atoms. The Morgan fingerprint density at radius 2 is 1.96 bits per heavy atom. The van der Waals surface area contributed by atoms with Gasteiger partial charge in [-0.15, -0.1) is 0 Å². The SMILES string of the molecule is CN(C)CC(=O)c1c(CC2CC2)ccc2c1Nc1ccccc1S2. The summed E-state index contributed by atoms with van der Waals surface area (Å²) in [5, 5.41) is 3.54. The van der Waals surface area contributed by atoms with E-state index in [1.54, 1.807) is 11.8 Å². The minimum absolute atomic E-state index is 0.208. The van der Waals surface area contributed by atoms with Crippen molar-refractivity contribution in [1.82, 2.24) is 4.90 Å². The molecule has 2 aromatic rings. The fraction of sp³-hybridized carbons (Fsp3) is 0.350. The first-order valence-electron chi connectivity index (χ1n) is 8.49. The van der Waals surface area contributed by atoms with Gasteiger partial charge in [0, 0.05) is 15.4 Å². The number of Topliss-reactive ketones (excluding diaryl/α,β-unsaturated/α-hetero) is 1. The van der Waals surface area contributed by atoms with E-state index in [0.717, 1.165) is 34.2 Å². The van der Waals surface area contributed by atoms with Gasteiger partial charge in [0.25, 0.3) is 0 Å². The highest BCUT2D eigenvalue weighted by Crippen LogP contribution is 2.47. The third kappa shape index (κ3) is 3.08. The number of nitrogens with one attached hydrogen (secondary N) is 1. The highest BCUT2D eigenvalue weighted by Gasteiger charge is 2.28. The number of hydrogen-bond donors (Lipinski definition) is 1. The van der Waals surface area contributed by atoms with Crippen molar-refractivity contribution >= 4 is 28.9 Å². The first-order chi connectivity index (χ1) is 11.6. The molecule has 0 aromatic heterocycles. The van der Waals surface area contributed by atoms with Crippen LogP contribution >= 0.6 is 11.8 Å². The minimum Gasteiger partial charge on any atom is -0.353 e. The number of likely N-dealkylation sites (N-methyl/N-ethyl adjacent to an activating group) is 1. The predicted molar refractivity (Wildman–Crippen MR) is 99.6 cm³/mol. The summed E-state index contributed by atoms with van der Waals surface area (Å²) < 4.78 is 0. The van der Waals surface area contributed by atoms with E-state index in [2.05, 4.69) is 35.6 Å². The van der Waals surface area contributed by atoms with Crippen LogP contribution in [0.25, 0.3) is 0 Å². The Balaban J connectivity index is 1.78. The van der Waals surface area contributed by atoms with Crippen molar-refractivity contribution in [1.29, 1.82) is 0 Å². The molecule has 4 rings (SSSR count). The quantitative estimate of drug-likeness (QED) is 0.690. The molecule has 3 nitrogen and oxygen atoms in total. The van der Waals surface area contributed by atoms with Gasteiger partial charge in [0.05, 0.1) is 17.9 Å². The van der Waals surface area contributed by atoms with Crippen LogP contribution in [0.1, 0.15) is 28.8 Å². The molecule has 0 bridgehead atoms. The summed E-state index contributed by atoms with van der Waals surface area (Å²) in [5.74, 6) is 0.970. The molecule has 2 aliphatic rings. The van der Waals surface area contributed by atoms with Crippen LogP contribution < -0.4 is 5.32 Å². The van der Waals surface area contributed by atoms with E-state index in [9.17, 15) is 4.79 Å². The fourth-order valence-corrected chi connectivity index (χ4v) is 4.24. The summed E-state index contributed by atoms with van der Waals surface area (Å²) >= 11 is 1.75. The fourth-order valence-electron chi connectivity index (χ4n) is 3.24. The predicted octanol–water partition coefficient (Wildman–Crippen LogP) is 4.59. The van der Waals surface area contributed by atoms with Gasteiger partial charge in [0.1, 0.15) is 0 Å². The molecule has 1 saturated carbocycles. The molecule has 1 N–H and O–H groups in total. The van der Waals surface area contributed by atoms with Crippen LogP contribution in [0.5, 0.6) is 0 Å². The van der Waals surface area contributed by atoms with Crippen molar-refractivity contribution in [2.24, 2.45) is 5.92 Å². The van der Waals surface area contributed by atoms with Crippen molar-refractivity contribution in [2.45, 2.75) is 29.1 Å². The van der Waals surface area contributed by atoms with Gasteiger partial charge in [0.2, 0.25) is 0 Å². The van der Waals surface area contributed by atoms with E-state index in [4.69, 9.17) is 0 Å². The van der Waals surface area contributed by atoms with E-state index in [1.807, 2.05) is 25.1 Å². The van der Waals surface area contributed by atoms with Crippen LogP contribution in [0.15, 0.2) is 46.2 Å². The molecule has 1 aliphatic heterocycles. The zero-order valence-electron chi connectivity index (χ0n) is 14.1. The summed E-state index contributed by atoms with van der Waals surface area (Å²) in [4.78, 5) is 17.3. The summed E-state index contributed by atoms with van der Waals surface area (Å²) in [5.41, 5.74) is 4.20. The zero-order valence-corrected chi connectivity index (χ0v) is 15.0. The molecule has 1 fully saturated rings.